The van der Waals surface area contributed by atoms with Gasteiger partial charge in [-0.05, 0) is 44.9 Å². The molecule has 0 radical (unpaired) electrons. The third-order valence-electron chi connectivity index (χ3n) is 4.88. The Bertz CT molecular complexity index is 404. The van der Waals surface area contributed by atoms with E-state index in [1.807, 2.05) is 13.8 Å². The molecule has 32 heavy (non-hydrogen) atoms. The second kappa shape index (κ2) is 24.6. The van der Waals surface area contributed by atoms with Crippen molar-refractivity contribution in [3.63, 3.8) is 0 Å². The van der Waals surface area contributed by atoms with E-state index in [-0.39, 0.29) is 0 Å². The molecule has 0 atom stereocenters. The second-order valence-electron chi connectivity index (χ2n) is 8.66. The molecule has 13 N–H and O–H groups in total. The van der Waals surface area contributed by atoms with Crippen molar-refractivity contribution in [3.05, 3.63) is 12.2 Å². The van der Waals surface area contributed by atoms with Gasteiger partial charge in [-0.1, -0.05) is 84.3 Å². The van der Waals surface area contributed by atoms with E-state index in [1.54, 1.807) is 0 Å². The SMILES string of the molecule is CCC(N)(N)N.CCC(N)(N)N.CCCCCCCC/C=C\CCCCCCCC(=O)O. The summed E-state index contributed by atoms with van der Waals surface area (Å²) in [7, 11) is 0. The Hall–Kier alpha value is -1.03. The largest absolute Gasteiger partial charge is 0.481 e. The van der Waals surface area contributed by atoms with Crippen LogP contribution in [0.1, 0.15) is 124 Å². The number of hydrogen-bond donors (Lipinski definition) is 7. The van der Waals surface area contributed by atoms with Crippen LogP contribution in [0.5, 0.6) is 0 Å². The number of hydrogen-bond acceptors (Lipinski definition) is 7. The summed E-state index contributed by atoms with van der Waals surface area (Å²) in [5, 5.41) is 8.51. The number of unbranched alkanes of at least 4 members (excludes halogenated alkanes) is 11. The topological polar surface area (TPSA) is 193 Å². The molecule has 0 unspecified atom stereocenters. The molecule has 0 amide bonds. The fraction of sp³-hybridized carbons (Fsp3) is 0.875. The summed E-state index contributed by atoms with van der Waals surface area (Å²) in [5.41, 5.74) is 30.5. The average Bonchev–Trinajstić information content (AvgIpc) is 2.70. The molecule has 194 valence electrons. The first-order valence-electron chi connectivity index (χ1n) is 12.5. The lowest BCUT2D eigenvalue weighted by atomic mass is 10.1. The molecule has 0 aliphatic heterocycles. The molecule has 0 heterocycles. The summed E-state index contributed by atoms with van der Waals surface area (Å²) in [6, 6.07) is 0. The van der Waals surface area contributed by atoms with Crippen molar-refractivity contribution in [2.24, 2.45) is 34.4 Å². The molecular weight excluding hydrogens is 404 g/mol. The zero-order valence-electron chi connectivity index (χ0n) is 21.3. The maximum atomic E-state index is 10.3. The molecular formula is C24H56N6O2. The number of carboxylic acids is 1. The molecule has 0 spiro atoms. The maximum Gasteiger partial charge on any atom is 0.303 e. The predicted molar refractivity (Wildman–Crippen MR) is 138 cm³/mol. The van der Waals surface area contributed by atoms with Crippen molar-refractivity contribution >= 4 is 5.97 Å². The average molecular weight is 461 g/mol. The van der Waals surface area contributed by atoms with Crippen LogP contribution in [0, 0.1) is 0 Å². The Morgan fingerprint density at radius 2 is 0.938 bits per heavy atom. The van der Waals surface area contributed by atoms with E-state index in [2.05, 4.69) is 19.1 Å². The van der Waals surface area contributed by atoms with Crippen LogP contribution < -0.4 is 34.4 Å². The molecule has 0 aliphatic rings. The number of allylic oxidation sites excluding steroid dienone is 2. The van der Waals surface area contributed by atoms with E-state index in [0.717, 1.165) is 12.8 Å². The molecule has 0 aromatic rings. The number of carbonyl (C=O) groups is 1. The first-order valence-corrected chi connectivity index (χ1v) is 12.5. The highest BCUT2D eigenvalue weighted by molar-refractivity contribution is 5.66. The quantitative estimate of drug-likeness (QED) is 0.0961. The van der Waals surface area contributed by atoms with Crippen LogP contribution in [-0.4, -0.2) is 22.6 Å². The van der Waals surface area contributed by atoms with Crippen molar-refractivity contribution in [2.75, 3.05) is 0 Å². The minimum absolute atomic E-state index is 0.332. The Morgan fingerprint density at radius 1 is 0.625 bits per heavy atom. The van der Waals surface area contributed by atoms with Crippen LogP contribution in [-0.2, 0) is 4.79 Å². The highest BCUT2D eigenvalue weighted by Crippen LogP contribution is 2.09. The van der Waals surface area contributed by atoms with E-state index in [4.69, 9.17) is 39.5 Å². The molecule has 0 saturated heterocycles. The lowest BCUT2D eigenvalue weighted by Crippen LogP contribution is -2.57. The highest BCUT2D eigenvalue weighted by Gasteiger charge is 2.04. The minimum atomic E-state index is -0.958. The summed E-state index contributed by atoms with van der Waals surface area (Å²) >= 11 is 0. The van der Waals surface area contributed by atoms with E-state index >= 15 is 0 Å². The van der Waals surface area contributed by atoms with Gasteiger partial charge >= 0.3 is 5.97 Å². The van der Waals surface area contributed by atoms with Crippen LogP contribution in [0.2, 0.25) is 0 Å². The maximum absolute atomic E-state index is 10.3. The van der Waals surface area contributed by atoms with Gasteiger partial charge in [-0.25, -0.2) is 0 Å². The highest BCUT2D eigenvalue weighted by atomic mass is 16.4. The van der Waals surface area contributed by atoms with Crippen LogP contribution in [0.15, 0.2) is 12.2 Å². The summed E-state index contributed by atoms with van der Waals surface area (Å²) in [6.45, 7) is 5.93. The third-order valence-corrected chi connectivity index (χ3v) is 4.88. The zero-order chi connectivity index (χ0) is 25.3. The summed E-state index contributed by atoms with van der Waals surface area (Å²) in [5.74, 6) is -2.58. The van der Waals surface area contributed by atoms with Crippen molar-refractivity contribution in [1.82, 2.24) is 0 Å². The molecule has 0 aromatic carbocycles. The van der Waals surface area contributed by atoms with E-state index in [9.17, 15) is 4.79 Å². The van der Waals surface area contributed by atoms with Gasteiger partial charge in [0.2, 0.25) is 0 Å². The molecule has 0 aromatic heterocycles. The predicted octanol–water partition coefficient (Wildman–Crippen LogP) is 3.96. The summed E-state index contributed by atoms with van der Waals surface area (Å²) < 4.78 is 0. The Balaban J connectivity index is -0.000000571. The van der Waals surface area contributed by atoms with Gasteiger partial charge in [-0.3, -0.25) is 4.79 Å². The standard InChI is InChI=1S/C18H34O2.2C3H11N3/c1-2-3-4-5-6-7-8-9-10-11-12-13-14-15-16-17-18(19)20;2*1-2-3(4,5)6/h9-10H,2-8,11-17H2,1H3,(H,19,20);2*2,4-6H2,1H3/b10-9-;;. The molecule has 0 saturated carbocycles. The normalized spacial score (nSPS) is 11.5. The Kier molecular flexibility index (Phi) is 27.3. The molecule has 0 rings (SSSR count). The molecule has 0 bridgehead atoms. The second-order valence-corrected chi connectivity index (χ2v) is 8.66. The first kappa shape index (κ1) is 35.6. The Labute approximate surface area is 197 Å². The van der Waals surface area contributed by atoms with E-state index in [1.165, 1.54) is 70.6 Å². The van der Waals surface area contributed by atoms with Crippen LogP contribution in [0.3, 0.4) is 0 Å². The van der Waals surface area contributed by atoms with Gasteiger partial charge in [-0.2, -0.15) is 0 Å². The summed E-state index contributed by atoms with van der Waals surface area (Å²) in [6.07, 6.45) is 22.4. The lowest BCUT2D eigenvalue weighted by molar-refractivity contribution is -0.137. The number of nitrogens with two attached hydrogens (primary N) is 6. The van der Waals surface area contributed by atoms with Gasteiger partial charge in [0, 0.05) is 6.42 Å². The molecule has 8 nitrogen and oxygen atoms in total. The monoisotopic (exact) mass is 460 g/mol. The van der Waals surface area contributed by atoms with E-state index in [0.29, 0.717) is 19.3 Å². The number of carboxylic acid groups (broad SMARTS) is 1. The minimum Gasteiger partial charge on any atom is -0.481 e. The van der Waals surface area contributed by atoms with Gasteiger partial charge in [0.1, 0.15) is 11.6 Å². The molecule has 8 heteroatoms. The van der Waals surface area contributed by atoms with Crippen molar-refractivity contribution < 1.29 is 9.90 Å². The van der Waals surface area contributed by atoms with Crippen molar-refractivity contribution in [2.45, 2.75) is 135 Å². The fourth-order valence-corrected chi connectivity index (χ4v) is 2.35. The fourth-order valence-electron chi connectivity index (χ4n) is 2.35. The van der Waals surface area contributed by atoms with Crippen molar-refractivity contribution in [3.8, 4) is 0 Å². The van der Waals surface area contributed by atoms with Crippen LogP contribution in [0.4, 0.5) is 0 Å². The van der Waals surface area contributed by atoms with Gasteiger partial charge in [0.05, 0.1) is 0 Å². The molecule has 0 fully saturated rings. The number of aliphatic carboxylic acids is 1. The summed E-state index contributed by atoms with van der Waals surface area (Å²) in [4.78, 5) is 10.3. The third kappa shape index (κ3) is 47.0. The zero-order valence-corrected chi connectivity index (χ0v) is 21.3. The van der Waals surface area contributed by atoms with E-state index < -0.39 is 17.5 Å². The van der Waals surface area contributed by atoms with Crippen molar-refractivity contribution in [1.29, 1.82) is 0 Å². The number of rotatable bonds is 17. The molecule has 0 aliphatic carbocycles. The van der Waals surface area contributed by atoms with Gasteiger partial charge in [0.15, 0.2) is 0 Å². The van der Waals surface area contributed by atoms with Gasteiger partial charge in [0.25, 0.3) is 0 Å². The van der Waals surface area contributed by atoms with Gasteiger partial charge in [-0.15, -0.1) is 0 Å². The lowest BCUT2D eigenvalue weighted by Gasteiger charge is -2.13. The first-order chi connectivity index (χ1) is 14.9. The smallest absolute Gasteiger partial charge is 0.303 e. The van der Waals surface area contributed by atoms with Crippen LogP contribution in [0.25, 0.3) is 0 Å². The Morgan fingerprint density at radius 3 is 1.25 bits per heavy atom. The van der Waals surface area contributed by atoms with Crippen LogP contribution >= 0.6 is 0 Å². The van der Waals surface area contributed by atoms with Gasteiger partial charge < -0.3 is 39.5 Å².